The molecule has 2 atom stereocenters. The van der Waals surface area contributed by atoms with Crippen LogP contribution in [0.3, 0.4) is 0 Å². The summed E-state index contributed by atoms with van der Waals surface area (Å²) in [5, 5.41) is 3.44. The second-order valence-electron chi connectivity index (χ2n) is 8.04. The van der Waals surface area contributed by atoms with Gasteiger partial charge in [0.2, 0.25) is 5.91 Å². The third kappa shape index (κ3) is 6.45. The Morgan fingerprint density at radius 2 is 2.10 bits per heavy atom. The van der Waals surface area contributed by atoms with Gasteiger partial charge in [-0.05, 0) is 44.6 Å². The maximum Gasteiger partial charge on any atom is 0.222 e. The topological polar surface area (TPSA) is 86.9 Å². The lowest BCUT2D eigenvalue weighted by Gasteiger charge is -2.34. The third-order valence-corrected chi connectivity index (χ3v) is 5.68. The van der Waals surface area contributed by atoms with Crippen molar-refractivity contribution >= 4 is 41.7 Å². The zero-order chi connectivity index (χ0) is 19.9. The van der Waals surface area contributed by atoms with Gasteiger partial charge in [0, 0.05) is 44.5 Å². The molecule has 8 heteroatoms. The quantitative estimate of drug-likeness (QED) is 0.359. The molecule has 3 rings (SSSR count). The van der Waals surface area contributed by atoms with E-state index in [0.717, 1.165) is 56.4 Å². The minimum absolute atomic E-state index is 0. The predicted octanol–water partition coefficient (Wildman–Crippen LogP) is 2.60. The number of hydrogen-bond donors (Lipinski definition) is 2. The van der Waals surface area contributed by atoms with Gasteiger partial charge in [0.25, 0.3) is 0 Å². The molecule has 7 nitrogen and oxygen atoms in total. The molecule has 0 aromatic carbocycles. The van der Waals surface area contributed by atoms with Crippen molar-refractivity contribution < 1.29 is 4.79 Å². The lowest BCUT2D eigenvalue weighted by molar-refractivity contribution is -0.122. The van der Waals surface area contributed by atoms with E-state index in [4.69, 9.17) is 10.7 Å². The van der Waals surface area contributed by atoms with Crippen LogP contribution in [0.15, 0.2) is 23.3 Å². The van der Waals surface area contributed by atoms with E-state index in [0.29, 0.717) is 19.0 Å². The van der Waals surface area contributed by atoms with Gasteiger partial charge in [0.1, 0.15) is 5.82 Å². The molecule has 2 saturated heterocycles. The summed E-state index contributed by atoms with van der Waals surface area (Å²) >= 11 is 0. The van der Waals surface area contributed by atoms with Crippen molar-refractivity contribution in [1.82, 2.24) is 15.2 Å². The fraction of sp³-hybridized carbons (Fsp3) is 0.667. The Morgan fingerprint density at radius 1 is 1.31 bits per heavy atom. The summed E-state index contributed by atoms with van der Waals surface area (Å²) < 4.78 is 0. The molecular formula is C21H35IN6O. The van der Waals surface area contributed by atoms with Crippen LogP contribution in [0.1, 0.15) is 45.1 Å². The van der Waals surface area contributed by atoms with E-state index in [1.54, 1.807) is 0 Å². The minimum Gasteiger partial charge on any atom is -0.369 e. The molecule has 2 fully saturated rings. The number of amides is 1. The van der Waals surface area contributed by atoms with Gasteiger partial charge >= 0.3 is 0 Å². The highest BCUT2D eigenvalue weighted by Crippen LogP contribution is 2.25. The summed E-state index contributed by atoms with van der Waals surface area (Å²) in [6.45, 7) is 9.51. The fourth-order valence-electron chi connectivity index (χ4n) is 4.21. The lowest BCUT2D eigenvalue weighted by Crippen LogP contribution is -2.46. The number of aliphatic imine (C=N–C) groups is 1. The highest BCUT2D eigenvalue weighted by molar-refractivity contribution is 14.0. The van der Waals surface area contributed by atoms with Gasteiger partial charge in [0.05, 0.1) is 12.5 Å². The highest BCUT2D eigenvalue weighted by Gasteiger charge is 2.26. The van der Waals surface area contributed by atoms with Crippen molar-refractivity contribution in [2.75, 3.05) is 37.6 Å². The SMILES string of the molecule is CCNC(=NCc1cccnc1N1CCCC(C(N)=O)C1)N1CCCC(C)C1.I. The molecule has 3 heterocycles. The summed E-state index contributed by atoms with van der Waals surface area (Å²) in [6.07, 6.45) is 6.14. The Balaban J connectivity index is 0.00000300. The minimum atomic E-state index is -0.214. The van der Waals surface area contributed by atoms with Gasteiger partial charge in [-0.2, -0.15) is 0 Å². The van der Waals surface area contributed by atoms with Crippen LogP contribution < -0.4 is 16.0 Å². The molecular weight excluding hydrogens is 479 g/mol. The first-order valence-electron chi connectivity index (χ1n) is 10.6. The van der Waals surface area contributed by atoms with E-state index in [2.05, 4.69) is 40.0 Å². The number of carbonyl (C=O) groups is 1. The number of halogens is 1. The molecule has 0 aliphatic carbocycles. The number of rotatable bonds is 5. The largest absolute Gasteiger partial charge is 0.369 e. The van der Waals surface area contributed by atoms with E-state index in [9.17, 15) is 4.79 Å². The standard InChI is InChI=1S/C21H34N6O.HI/c1-3-23-21(27-12-5-7-16(2)14-27)25-13-17-8-4-10-24-20(17)26-11-6-9-18(15-26)19(22)28;/h4,8,10,16,18H,3,5-7,9,11-15H2,1-2H3,(H2,22,28)(H,23,25);1H. The van der Waals surface area contributed by atoms with Crippen LogP contribution in [-0.2, 0) is 11.3 Å². The van der Waals surface area contributed by atoms with Crippen LogP contribution in [-0.4, -0.2) is 54.5 Å². The Kier molecular flexibility index (Phi) is 9.45. The van der Waals surface area contributed by atoms with Crippen LogP contribution in [0.5, 0.6) is 0 Å². The second-order valence-corrected chi connectivity index (χ2v) is 8.04. The van der Waals surface area contributed by atoms with Gasteiger partial charge in [-0.3, -0.25) is 4.79 Å². The van der Waals surface area contributed by atoms with Crippen LogP contribution in [0.2, 0.25) is 0 Å². The zero-order valence-electron chi connectivity index (χ0n) is 17.6. The number of piperidine rings is 2. The maximum absolute atomic E-state index is 11.6. The Bertz CT molecular complexity index is 698. The number of nitrogens with two attached hydrogens (primary N) is 1. The normalized spacial score (nSPS) is 22.8. The van der Waals surface area contributed by atoms with Gasteiger partial charge in [-0.25, -0.2) is 9.98 Å². The molecule has 0 saturated carbocycles. The smallest absolute Gasteiger partial charge is 0.222 e. The predicted molar refractivity (Wildman–Crippen MR) is 129 cm³/mol. The molecule has 0 bridgehead atoms. The highest BCUT2D eigenvalue weighted by atomic mass is 127. The molecule has 1 aromatic rings. The number of guanidine groups is 1. The van der Waals surface area contributed by atoms with Crippen LogP contribution >= 0.6 is 24.0 Å². The third-order valence-electron chi connectivity index (χ3n) is 5.68. The maximum atomic E-state index is 11.6. The summed E-state index contributed by atoms with van der Waals surface area (Å²) in [5.74, 6) is 2.30. The molecule has 162 valence electrons. The summed E-state index contributed by atoms with van der Waals surface area (Å²) in [4.78, 5) is 25.8. The molecule has 2 unspecified atom stereocenters. The first kappa shape index (κ1) is 23.7. The van der Waals surface area contributed by atoms with E-state index in [1.165, 1.54) is 12.8 Å². The fourth-order valence-corrected chi connectivity index (χ4v) is 4.21. The van der Waals surface area contributed by atoms with Crippen molar-refractivity contribution in [3.8, 4) is 0 Å². The van der Waals surface area contributed by atoms with Crippen LogP contribution in [0.25, 0.3) is 0 Å². The molecule has 29 heavy (non-hydrogen) atoms. The first-order chi connectivity index (χ1) is 13.6. The average molecular weight is 514 g/mol. The number of hydrogen-bond acceptors (Lipinski definition) is 4. The molecule has 2 aliphatic heterocycles. The number of likely N-dealkylation sites (tertiary alicyclic amines) is 1. The number of aromatic nitrogens is 1. The van der Waals surface area contributed by atoms with Crippen molar-refractivity contribution in [3.05, 3.63) is 23.9 Å². The lowest BCUT2D eigenvalue weighted by atomic mass is 9.97. The average Bonchev–Trinajstić information content (AvgIpc) is 2.71. The molecule has 1 aromatic heterocycles. The number of anilines is 1. The number of nitrogens with zero attached hydrogens (tertiary/aromatic N) is 4. The van der Waals surface area contributed by atoms with Crippen molar-refractivity contribution in [1.29, 1.82) is 0 Å². The molecule has 1 amide bonds. The van der Waals surface area contributed by atoms with Crippen molar-refractivity contribution in [2.45, 2.75) is 46.1 Å². The first-order valence-corrected chi connectivity index (χ1v) is 10.6. The van der Waals surface area contributed by atoms with Gasteiger partial charge in [-0.1, -0.05) is 13.0 Å². The molecule has 0 radical (unpaired) electrons. The summed E-state index contributed by atoms with van der Waals surface area (Å²) in [7, 11) is 0. The van der Waals surface area contributed by atoms with E-state index >= 15 is 0 Å². The van der Waals surface area contributed by atoms with Crippen molar-refractivity contribution in [2.24, 2.45) is 22.6 Å². The number of pyridine rings is 1. The van der Waals surface area contributed by atoms with Gasteiger partial charge < -0.3 is 20.9 Å². The van der Waals surface area contributed by atoms with E-state index < -0.39 is 0 Å². The number of primary amides is 1. The Hall–Kier alpha value is -1.58. The van der Waals surface area contributed by atoms with E-state index in [-0.39, 0.29) is 35.8 Å². The van der Waals surface area contributed by atoms with Crippen LogP contribution in [0.4, 0.5) is 5.82 Å². The number of carbonyl (C=O) groups excluding carboxylic acids is 1. The van der Waals surface area contributed by atoms with Gasteiger partial charge in [-0.15, -0.1) is 24.0 Å². The molecule has 3 N–H and O–H groups in total. The van der Waals surface area contributed by atoms with Crippen LogP contribution in [0, 0.1) is 11.8 Å². The number of nitrogens with one attached hydrogen (secondary N) is 1. The zero-order valence-corrected chi connectivity index (χ0v) is 20.0. The summed E-state index contributed by atoms with van der Waals surface area (Å²) in [6, 6.07) is 4.04. The second kappa shape index (κ2) is 11.6. The molecule has 0 spiro atoms. The molecule has 2 aliphatic rings. The summed E-state index contributed by atoms with van der Waals surface area (Å²) in [5.41, 5.74) is 6.64. The Morgan fingerprint density at radius 3 is 2.83 bits per heavy atom. The van der Waals surface area contributed by atoms with Gasteiger partial charge in [0.15, 0.2) is 5.96 Å². The monoisotopic (exact) mass is 514 g/mol. The Labute approximate surface area is 191 Å². The van der Waals surface area contributed by atoms with E-state index in [1.807, 2.05) is 12.3 Å². The van der Waals surface area contributed by atoms with Crippen molar-refractivity contribution in [3.63, 3.8) is 0 Å².